The number of hydrogen-bond acceptors (Lipinski definition) is 5. The highest BCUT2D eigenvalue weighted by Gasteiger charge is 2.43. The van der Waals surface area contributed by atoms with E-state index in [1.165, 1.54) is 69.0 Å². The largest absolute Gasteiger partial charge is 0.306 e. The number of pyridine rings is 1. The van der Waals surface area contributed by atoms with Crippen LogP contribution in [0.5, 0.6) is 0 Å². The molecule has 0 saturated carbocycles. The molecule has 6 nitrogen and oxygen atoms in total. The third-order valence-corrected chi connectivity index (χ3v) is 10.3. The van der Waals surface area contributed by atoms with E-state index in [4.69, 9.17) is 4.98 Å². The highest BCUT2D eigenvalue weighted by Crippen LogP contribution is 2.40. The van der Waals surface area contributed by atoms with Gasteiger partial charge in [0.25, 0.3) is 0 Å². The van der Waals surface area contributed by atoms with Gasteiger partial charge in [-0.05, 0) is 102 Å². The zero-order valence-corrected chi connectivity index (χ0v) is 23.4. The number of fused-ring (bicyclic) bond motifs is 3. The van der Waals surface area contributed by atoms with E-state index in [9.17, 15) is 8.42 Å². The van der Waals surface area contributed by atoms with Crippen molar-refractivity contribution in [2.24, 2.45) is 0 Å². The summed E-state index contributed by atoms with van der Waals surface area (Å²) in [5.74, 6) is 0.590. The molecule has 2 atom stereocenters. The number of benzene rings is 1. The average molecular weight is 521 g/mol. The monoisotopic (exact) mass is 520 g/mol. The Morgan fingerprint density at radius 1 is 0.919 bits per heavy atom. The van der Waals surface area contributed by atoms with Crippen LogP contribution in [0, 0.1) is 6.92 Å². The zero-order valence-electron chi connectivity index (χ0n) is 22.6. The number of rotatable bonds is 5. The minimum absolute atomic E-state index is 0.336. The fourth-order valence-corrected chi connectivity index (χ4v) is 8.09. The molecule has 7 heteroatoms. The lowest BCUT2D eigenvalue weighted by Crippen LogP contribution is -2.53. The third kappa shape index (κ3) is 4.75. The van der Waals surface area contributed by atoms with Gasteiger partial charge >= 0.3 is 0 Å². The molecule has 2 unspecified atom stereocenters. The van der Waals surface area contributed by atoms with E-state index in [-0.39, 0.29) is 0 Å². The molecule has 2 bridgehead atoms. The van der Waals surface area contributed by atoms with E-state index in [1.807, 2.05) is 12.1 Å². The van der Waals surface area contributed by atoms with Crippen LogP contribution in [0.25, 0.3) is 16.9 Å². The molecule has 5 heterocycles. The molecule has 37 heavy (non-hydrogen) atoms. The molecule has 0 N–H and O–H groups in total. The Hall–Kier alpha value is -2.22. The van der Waals surface area contributed by atoms with Gasteiger partial charge in [-0.3, -0.25) is 4.90 Å². The maximum absolute atomic E-state index is 11.8. The standard InChI is InChI=1S/C30H40N4O2S/c1-20(2)34-25-7-8-26(34)17-27(16-25)32-13-11-22(12-14-32)24-15-21(3)30-31-29(19-33(30)18-24)23-5-9-28(10-6-23)37(4,35)36/h5-6,9-10,15,18-20,22,25-27H,7-8,11-14,16-17H2,1-4H3. The summed E-state index contributed by atoms with van der Waals surface area (Å²) in [4.78, 5) is 10.8. The van der Waals surface area contributed by atoms with Crippen molar-refractivity contribution in [3.05, 3.63) is 53.9 Å². The average Bonchev–Trinajstić information content (AvgIpc) is 3.42. The van der Waals surface area contributed by atoms with Crippen LogP contribution >= 0.6 is 0 Å². The summed E-state index contributed by atoms with van der Waals surface area (Å²) < 4.78 is 25.8. The van der Waals surface area contributed by atoms with Crippen LogP contribution in [0.1, 0.15) is 69.4 Å². The quantitative estimate of drug-likeness (QED) is 0.457. The van der Waals surface area contributed by atoms with Crippen molar-refractivity contribution in [2.75, 3.05) is 19.3 Å². The summed E-state index contributed by atoms with van der Waals surface area (Å²) in [6.45, 7) is 9.29. The van der Waals surface area contributed by atoms with Gasteiger partial charge in [-0.2, -0.15) is 0 Å². The minimum atomic E-state index is -3.20. The number of likely N-dealkylation sites (tertiary alicyclic amines) is 1. The Morgan fingerprint density at radius 3 is 2.16 bits per heavy atom. The Balaban J connectivity index is 1.15. The SMILES string of the molecule is Cc1cc(C2CCN(C3CC4CCC(C3)N4C(C)C)CC2)cn2cc(-c3ccc(S(C)(=O)=O)cc3)nc12. The van der Waals surface area contributed by atoms with Crippen LogP contribution in [0.2, 0.25) is 0 Å². The lowest BCUT2D eigenvalue weighted by atomic mass is 9.87. The Kier molecular flexibility index (Phi) is 6.45. The first-order chi connectivity index (χ1) is 17.7. The molecule has 6 rings (SSSR count). The van der Waals surface area contributed by atoms with Crippen LogP contribution in [0.4, 0.5) is 0 Å². The third-order valence-electron chi connectivity index (χ3n) is 9.21. The normalized spacial score (nSPS) is 25.9. The molecular formula is C30H40N4O2S. The van der Waals surface area contributed by atoms with Gasteiger partial charge < -0.3 is 9.30 Å². The van der Waals surface area contributed by atoms with Crippen molar-refractivity contribution in [1.29, 1.82) is 0 Å². The van der Waals surface area contributed by atoms with Crippen molar-refractivity contribution >= 4 is 15.5 Å². The second-order valence-electron chi connectivity index (χ2n) is 12.0. The van der Waals surface area contributed by atoms with Crippen LogP contribution in [0.15, 0.2) is 47.6 Å². The van der Waals surface area contributed by atoms with Gasteiger partial charge in [-0.25, -0.2) is 13.4 Å². The fourth-order valence-electron chi connectivity index (χ4n) is 7.46. The second-order valence-corrected chi connectivity index (χ2v) is 14.0. The number of hydrogen-bond donors (Lipinski definition) is 0. The lowest BCUT2D eigenvalue weighted by Gasteiger charge is -2.46. The molecule has 0 radical (unpaired) electrons. The van der Waals surface area contributed by atoms with E-state index in [0.29, 0.717) is 16.9 Å². The van der Waals surface area contributed by atoms with Crippen LogP contribution < -0.4 is 0 Å². The van der Waals surface area contributed by atoms with Gasteiger partial charge in [0.2, 0.25) is 0 Å². The molecule has 1 aromatic carbocycles. The molecule has 0 amide bonds. The summed E-state index contributed by atoms with van der Waals surface area (Å²) in [6, 6.07) is 12.4. The van der Waals surface area contributed by atoms with Gasteiger partial charge in [-0.15, -0.1) is 0 Å². The van der Waals surface area contributed by atoms with E-state index in [1.54, 1.807) is 12.1 Å². The van der Waals surface area contributed by atoms with Gasteiger partial charge in [-0.1, -0.05) is 18.2 Å². The smallest absolute Gasteiger partial charge is 0.175 e. The summed E-state index contributed by atoms with van der Waals surface area (Å²) in [5, 5.41) is 0. The van der Waals surface area contributed by atoms with E-state index >= 15 is 0 Å². The predicted molar refractivity (Wildman–Crippen MR) is 149 cm³/mol. The molecule has 3 aliphatic heterocycles. The van der Waals surface area contributed by atoms with E-state index in [2.05, 4.69) is 53.4 Å². The van der Waals surface area contributed by atoms with Gasteiger partial charge in [0.1, 0.15) is 5.65 Å². The first-order valence-electron chi connectivity index (χ1n) is 14.0. The van der Waals surface area contributed by atoms with Crippen molar-refractivity contribution in [1.82, 2.24) is 19.2 Å². The number of aryl methyl sites for hydroxylation is 1. The highest BCUT2D eigenvalue weighted by molar-refractivity contribution is 7.90. The first-order valence-corrected chi connectivity index (χ1v) is 15.9. The number of aromatic nitrogens is 2. The number of sulfone groups is 1. The minimum Gasteiger partial charge on any atom is -0.306 e. The Labute approximate surface area is 221 Å². The molecule has 3 saturated heterocycles. The van der Waals surface area contributed by atoms with Gasteiger partial charge in [0.05, 0.1) is 10.6 Å². The van der Waals surface area contributed by atoms with Crippen molar-refractivity contribution in [3.8, 4) is 11.3 Å². The first kappa shape index (κ1) is 25.1. The summed E-state index contributed by atoms with van der Waals surface area (Å²) in [6.07, 6.45) is 13.5. The zero-order chi connectivity index (χ0) is 25.9. The molecule has 3 aliphatic rings. The second kappa shape index (κ2) is 9.51. The fraction of sp³-hybridized carbons (Fsp3) is 0.567. The van der Waals surface area contributed by atoms with Crippen molar-refractivity contribution in [2.45, 2.75) is 94.3 Å². The highest BCUT2D eigenvalue weighted by atomic mass is 32.2. The van der Waals surface area contributed by atoms with Crippen molar-refractivity contribution < 1.29 is 8.42 Å². The number of imidazole rings is 1. The van der Waals surface area contributed by atoms with E-state index in [0.717, 1.165) is 35.0 Å². The van der Waals surface area contributed by atoms with Crippen molar-refractivity contribution in [3.63, 3.8) is 0 Å². The molecule has 3 fully saturated rings. The van der Waals surface area contributed by atoms with E-state index < -0.39 is 9.84 Å². The predicted octanol–water partition coefficient (Wildman–Crippen LogP) is 5.30. The summed E-state index contributed by atoms with van der Waals surface area (Å²) in [5.41, 5.74) is 5.38. The summed E-state index contributed by atoms with van der Waals surface area (Å²) >= 11 is 0. The van der Waals surface area contributed by atoms with Crippen LogP contribution in [-0.2, 0) is 9.84 Å². The van der Waals surface area contributed by atoms with Crippen LogP contribution in [-0.4, -0.2) is 71.1 Å². The molecule has 198 valence electrons. The van der Waals surface area contributed by atoms with Crippen LogP contribution in [0.3, 0.4) is 0 Å². The molecule has 3 aromatic rings. The topological polar surface area (TPSA) is 57.9 Å². The number of nitrogens with zero attached hydrogens (tertiary/aromatic N) is 4. The maximum Gasteiger partial charge on any atom is 0.175 e. The molecule has 2 aromatic heterocycles. The van der Waals surface area contributed by atoms with Gasteiger partial charge in [0, 0.05) is 48.4 Å². The molecule has 0 aliphatic carbocycles. The lowest BCUT2D eigenvalue weighted by molar-refractivity contribution is 0.0298. The molecular weight excluding hydrogens is 480 g/mol. The Morgan fingerprint density at radius 2 is 1.57 bits per heavy atom. The molecule has 0 spiro atoms. The van der Waals surface area contributed by atoms with Gasteiger partial charge in [0.15, 0.2) is 9.84 Å². The number of piperidine rings is 2. The Bertz CT molecular complexity index is 1370. The summed E-state index contributed by atoms with van der Waals surface area (Å²) in [7, 11) is -3.20. The maximum atomic E-state index is 11.8.